The Labute approximate surface area is 76.6 Å². The lowest BCUT2D eigenvalue weighted by Crippen LogP contribution is -2.01. The highest BCUT2D eigenvalue weighted by molar-refractivity contribution is 7.85. The van der Waals surface area contributed by atoms with Gasteiger partial charge in [-0.25, -0.2) is 5.11 Å². The highest BCUT2D eigenvalue weighted by atomic mass is 32.2. The van der Waals surface area contributed by atoms with E-state index in [1.165, 1.54) is 18.2 Å². The summed E-state index contributed by atoms with van der Waals surface area (Å²) in [6.07, 6.45) is 0. The third-order valence-corrected chi connectivity index (χ3v) is 2.69. The first-order valence-electron chi connectivity index (χ1n) is 3.60. The molecule has 1 aromatic rings. The Bertz CT molecular complexity index is 408. The van der Waals surface area contributed by atoms with Crippen LogP contribution < -0.4 is 0 Å². The minimum atomic E-state index is -4.20. The van der Waals surface area contributed by atoms with Gasteiger partial charge in [-0.2, -0.15) is 8.42 Å². The van der Waals surface area contributed by atoms with E-state index in [2.05, 4.69) is 0 Å². The largest absolute Gasteiger partial charge is 0.294 e. The van der Waals surface area contributed by atoms with Gasteiger partial charge in [0.15, 0.2) is 0 Å². The van der Waals surface area contributed by atoms with Crippen molar-refractivity contribution in [2.24, 2.45) is 0 Å². The maximum Gasteiger partial charge on any atom is 0.294 e. The second-order valence-electron chi connectivity index (χ2n) is 2.72. The van der Waals surface area contributed by atoms with Crippen molar-refractivity contribution in [2.45, 2.75) is 18.4 Å². The molecule has 0 amide bonds. The molecule has 0 saturated carbocycles. The lowest BCUT2D eigenvalue weighted by atomic mass is 10.2. The Kier molecular flexibility index (Phi) is 2.70. The average Bonchev–Trinajstić information content (AvgIpc) is 2.03. The van der Waals surface area contributed by atoms with Crippen molar-refractivity contribution >= 4 is 10.1 Å². The van der Waals surface area contributed by atoms with Crippen LogP contribution in [0.25, 0.3) is 0 Å². The first-order chi connectivity index (χ1) is 5.95. The third kappa shape index (κ3) is 2.27. The van der Waals surface area contributed by atoms with Crippen molar-refractivity contribution in [2.75, 3.05) is 0 Å². The fourth-order valence-corrected chi connectivity index (χ4v) is 1.79. The van der Waals surface area contributed by atoms with Crippen LogP contribution in [0, 0.1) is 6.92 Å². The second kappa shape index (κ2) is 3.45. The maximum absolute atomic E-state index is 10.8. The molecule has 0 heterocycles. The molecular weight excluding hydrogens is 192 g/mol. The molecule has 0 fully saturated rings. The standard InChI is InChI=1S/C8H9O4S/c1-6-2-3-7(5-9)4-8(6)13(10,11)12/h2-4H,5H2,1H3,(H,10,11,12). The highest BCUT2D eigenvalue weighted by Crippen LogP contribution is 2.16. The molecule has 0 aliphatic carbocycles. The number of aryl methyl sites for hydroxylation is 1. The topological polar surface area (TPSA) is 74.3 Å². The van der Waals surface area contributed by atoms with Crippen molar-refractivity contribution in [3.63, 3.8) is 0 Å². The van der Waals surface area contributed by atoms with E-state index in [1.54, 1.807) is 6.92 Å². The Morgan fingerprint density at radius 1 is 1.38 bits per heavy atom. The van der Waals surface area contributed by atoms with Crippen molar-refractivity contribution in [3.8, 4) is 0 Å². The molecule has 0 spiro atoms. The number of hydrogen-bond acceptors (Lipinski definition) is 2. The molecule has 1 aromatic carbocycles. The fraction of sp³-hybridized carbons (Fsp3) is 0.250. The summed E-state index contributed by atoms with van der Waals surface area (Å²) in [7, 11) is -4.20. The van der Waals surface area contributed by atoms with Crippen LogP contribution in [0.1, 0.15) is 11.1 Å². The molecule has 0 aromatic heterocycles. The van der Waals surface area contributed by atoms with Gasteiger partial charge >= 0.3 is 0 Å². The van der Waals surface area contributed by atoms with Crippen molar-refractivity contribution in [1.82, 2.24) is 0 Å². The average molecular weight is 201 g/mol. The SMILES string of the molecule is Cc1ccc(C[O])cc1S(=O)(=O)O. The molecule has 4 nitrogen and oxygen atoms in total. The van der Waals surface area contributed by atoms with Crippen LogP contribution in [-0.4, -0.2) is 13.0 Å². The zero-order valence-corrected chi connectivity index (χ0v) is 7.84. The number of benzene rings is 1. The summed E-state index contributed by atoms with van der Waals surface area (Å²) in [6.45, 7) is 1.06. The van der Waals surface area contributed by atoms with Crippen LogP contribution in [0.2, 0.25) is 0 Å². The van der Waals surface area contributed by atoms with E-state index in [0.717, 1.165) is 0 Å². The summed E-state index contributed by atoms with van der Waals surface area (Å²) >= 11 is 0. The van der Waals surface area contributed by atoms with Gasteiger partial charge in [0.1, 0.15) is 6.61 Å². The molecule has 0 saturated heterocycles. The van der Waals surface area contributed by atoms with E-state index in [9.17, 15) is 13.5 Å². The van der Waals surface area contributed by atoms with Gasteiger partial charge in [0, 0.05) is 0 Å². The Morgan fingerprint density at radius 2 is 2.00 bits per heavy atom. The molecule has 0 atom stereocenters. The third-order valence-electron chi connectivity index (χ3n) is 1.70. The van der Waals surface area contributed by atoms with Gasteiger partial charge in [0.2, 0.25) is 0 Å². The summed E-state index contributed by atoms with van der Waals surface area (Å²) in [5, 5.41) is 10.4. The minimum absolute atomic E-state index is 0.194. The normalized spacial score (nSPS) is 11.6. The van der Waals surface area contributed by atoms with Crippen LogP contribution >= 0.6 is 0 Å². The predicted octanol–water partition coefficient (Wildman–Crippen LogP) is 1.17. The van der Waals surface area contributed by atoms with Gasteiger partial charge in [-0.15, -0.1) is 0 Å². The molecule has 1 N–H and O–H groups in total. The first kappa shape index (κ1) is 10.2. The molecule has 13 heavy (non-hydrogen) atoms. The summed E-state index contributed by atoms with van der Waals surface area (Å²) < 4.78 is 30.3. The van der Waals surface area contributed by atoms with Crippen LogP contribution in [-0.2, 0) is 21.8 Å². The summed E-state index contributed by atoms with van der Waals surface area (Å²) in [6, 6.07) is 4.23. The Hall–Kier alpha value is -0.910. The van der Waals surface area contributed by atoms with E-state index in [-0.39, 0.29) is 4.90 Å². The zero-order chi connectivity index (χ0) is 10.1. The van der Waals surface area contributed by atoms with Crippen molar-refractivity contribution in [1.29, 1.82) is 0 Å². The fourth-order valence-electron chi connectivity index (χ4n) is 1.01. The minimum Gasteiger partial charge on any atom is -0.282 e. The molecule has 0 aliphatic heterocycles. The molecule has 0 aliphatic rings. The monoisotopic (exact) mass is 201 g/mol. The summed E-state index contributed by atoms with van der Waals surface area (Å²) in [4.78, 5) is -0.194. The molecule has 0 unspecified atom stereocenters. The summed E-state index contributed by atoms with van der Waals surface area (Å²) in [5.41, 5.74) is 0.776. The van der Waals surface area contributed by atoms with E-state index in [1.807, 2.05) is 0 Å². The van der Waals surface area contributed by atoms with Gasteiger partial charge < -0.3 is 0 Å². The van der Waals surface area contributed by atoms with Crippen LogP contribution in [0.3, 0.4) is 0 Å². The summed E-state index contributed by atoms with van der Waals surface area (Å²) in [5.74, 6) is 0. The van der Waals surface area contributed by atoms with E-state index < -0.39 is 16.7 Å². The van der Waals surface area contributed by atoms with E-state index in [4.69, 9.17) is 4.55 Å². The highest BCUT2D eigenvalue weighted by Gasteiger charge is 2.13. The lowest BCUT2D eigenvalue weighted by molar-refractivity contribution is 0.177. The molecule has 0 bridgehead atoms. The zero-order valence-electron chi connectivity index (χ0n) is 7.02. The van der Waals surface area contributed by atoms with Crippen LogP contribution in [0.4, 0.5) is 0 Å². The smallest absolute Gasteiger partial charge is 0.282 e. The van der Waals surface area contributed by atoms with Gasteiger partial charge in [-0.3, -0.25) is 4.55 Å². The first-order valence-corrected chi connectivity index (χ1v) is 5.04. The Morgan fingerprint density at radius 3 is 2.46 bits per heavy atom. The molecule has 5 heteroatoms. The van der Waals surface area contributed by atoms with Gasteiger partial charge in [-0.05, 0) is 24.1 Å². The van der Waals surface area contributed by atoms with Crippen molar-refractivity contribution in [3.05, 3.63) is 29.3 Å². The predicted molar refractivity (Wildman–Crippen MR) is 45.4 cm³/mol. The van der Waals surface area contributed by atoms with Gasteiger partial charge in [-0.1, -0.05) is 12.1 Å². The maximum atomic E-state index is 10.8. The molecule has 1 rings (SSSR count). The van der Waals surface area contributed by atoms with Gasteiger partial charge in [0.05, 0.1) is 4.90 Å². The van der Waals surface area contributed by atoms with Crippen LogP contribution in [0.15, 0.2) is 23.1 Å². The number of hydrogen-bond donors (Lipinski definition) is 1. The van der Waals surface area contributed by atoms with Crippen molar-refractivity contribution < 1.29 is 18.1 Å². The lowest BCUT2D eigenvalue weighted by Gasteiger charge is -2.03. The molecular formula is C8H9O4S. The number of rotatable bonds is 2. The van der Waals surface area contributed by atoms with Crippen LogP contribution in [0.5, 0.6) is 0 Å². The van der Waals surface area contributed by atoms with Gasteiger partial charge in [0.25, 0.3) is 10.1 Å². The second-order valence-corrected chi connectivity index (χ2v) is 4.11. The Balaban J connectivity index is 3.36. The quantitative estimate of drug-likeness (QED) is 0.730. The van der Waals surface area contributed by atoms with E-state index >= 15 is 0 Å². The molecule has 71 valence electrons. The van der Waals surface area contributed by atoms with E-state index in [0.29, 0.717) is 11.1 Å². The molecule has 1 radical (unpaired) electrons.